The lowest BCUT2D eigenvalue weighted by Crippen LogP contribution is -1.94. The molecule has 0 spiro atoms. The summed E-state index contributed by atoms with van der Waals surface area (Å²) >= 11 is 0. The topological polar surface area (TPSA) is 4.93 Å². The lowest BCUT2D eigenvalue weighted by Gasteiger charge is -2.17. The van der Waals surface area contributed by atoms with Crippen molar-refractivity contribution in [2.24, 2.45) is 0 Å². The largest absolute Gasteiger partial charge is 0.309 e. The molecule has 1 heterocycles. The van der Waals surface area contributed by atoms with Gasteiger partial charge in [0, 0.05) is 16.5 Å². The minimum absolute atomic E-state index is 1.16. The van der Waals surface area contributed by atoms with Gasteiger partial charge in [0.15, 0.2) is 0 Å². The highest BCUT2D eigenvalue weighted by Gasteiger charge is 2.16. The van der Waals surface area contributed by atoms with E-state index in [-0.39, 0.29) is 0 Å². The van der Waals surface area contributed by atoms with Crippen LogP contribution in [0.1, 0.15) is 0 Å². The Kier molecular flexibility index (Phi) is 6.25. The highest BCUT2D eigenvalue weighted by Crippen LogP contribution is 2.42. The summed E-state index contributed by atoms with van der Waals surface area (Å²) in [6, 6.07) is 68.9. The van der Waals surface area contributed by atoms with Gasteiger partial charge in [0.2, 0.25) is 0 Å². The zero-order valence-electron chi connectivity index (χ0n) is 26.8. The van der Waals surface area contributed by atoms with Crippen molar-refractivity contribution in [1.29, 1.82) is 0 Å². The van der Waals surface area contributed by atoms with Gasteiger partial charge in [-0.05, 0) is 114 Å². The molecule has 10 aromatic rings. The van der Waals surface area contributed by atoms with Gasteiger partial charge in [0.25, 0.3) is 0 Å². The lowest BCUT2D eigenvalue weighted by atomic mass is 9.87. The number of benzene rings is 9. The molecule has 0 saturated carbocycles. The van der Waals surface area contributed by atoms with Crippen LogP contribution in [0.3, 0.4) is 0 Å². The van der Waals surface area contributed by atoms with E-state index in [9.17, 15) is 0 Å². The molecule has 1 heteroatoms. The van der Waals surface area contributed by atoms with Gasteiger partial charge >= 0.3 is 0 Å². The first-order valence-corrected chi connectivity index (χ1v) is 16.9. The van der Waals surface area contributed by atoms with Crippen LogP contribution in [0.5, 0.6) is 0 Å². The van der Waals surface area contributed by atoms with E-state index in [1.54, 1.807) is 0 Å². The van der Waals surface area contributed by atoms with Crippen LogP contribution in [0.2, 0.25) is 0 Å². The van der Waals surface area contributed by atoms with E-state index in [2.05, 4.69) is 193 Å². The molecular weight excluding hydrogens is 591 g/mol. The van der Waals surface area contributed by atoms with Crippen molar-refractivity contribution in [3.8, 4) is 39.1 Å². The maximum atomic E-state index is 2.40. The first-order valence-electron chi connectivity index (χ1n) is 16.9. The molecule has 0 bridgehead atoms. The van der Waals surface area contributed by atoms with Gasteiger partial charge in [-0.25, -0.2) is 0 Å². The van der Waals surface area contributed by atoms with Crippen LogP contribution in [0.15, 0.2) is 188 Å². The molecule has 1 nitrogen and oxygen atoms in total. The second-order valence-corrected chi connectivity index (χ2v) is 12.9. The number of hydrogen-bond donors (Lipinski definition) is 0. The van der Waals surface area contributed by atoms with Gasteiger partial charge in [0.1, 0.15) is 0 Å². The summed E-state index contributed by atoms with van der Waals surface area (Å²) in [5, 5.41) is 10.2. The first kappa shape index (κ1) is 27.7. The summed E-state index contributed by atoms with van der Waals surface area (Å²) in [6.07, 6.45) is 0. The molecular formula is C48H31N. The minimum Gasteiger partial charge on any atom is -0.309 e. The standard InChI is InChI=1S/C48H31N/c1-2-13-32(14-3-1)36-27-37(34-17-12-18-39(30-34)49-46-23-10-8-21-42(46)43-22-9-11-24-47(43)49)29-38(28-36)48-41-20-7-5-16-35(41)31-45-40-19-6-4-15-33(40)25-26-44(45)48/h1-31H. The van der Waals surface area contributed by atoms with Crippen molar-refractivity contribution in [3.63, 3.8) is 0 Å². The van der Waals surface area contributed by atoms with Crippen molar-refractivity contribution in [1.82, 2.24) is 4.57 Å². The van der Waals surface area contributed by atoms with Crippen LogP contribution in [-0.4, -0.2) is 4.57 Å². The van der Waals surface area contributed by atoms with E-state index in [0.717, 1.165) is 5.69 Å². The third kappa shape index (κ3) is 4.47. The predicted octanol–water partition coefficient (Wildman–Crippen LogP) is 13.2. The molecule has 0 N–H and O–H groups in total. The van der Waals surface area contributed by atoms with Crippen molar-refractivity contribution < 1.29 is 0 Å². The Morgan fingerprint density at radius 1 is 0.265 bits per heavy atom. The molecule has 9 aromatic carbocycles. The SMILES string of the molecule is c1ccc(-c2cc(-c3cccc(-n4c5ccccc5c5ccccc54)c3)cc(-c3c4ccccc4cc4c3ccc3ccccc34)c2)cc1. The molecule has 10 rings (SSSR count). The molecule has 0 aliphatic heterocycles. The Hall–Kier alpha value is -6.44. The Balaban J connectivity index is 1.25. The van der Waals surface area contributed by atoms with Crippen molar-refractivity contribution >= 4 is 54.1 Å². The predicted molar refractivity (Wildman–Crippen MR) is 210 cm³/mol. The molecule has 49 heavy (non-hydrogen) atoms. The third-order valence-electron chi connectivity index (χ3n) is 10.1. The fourth-order valence-electron chi connectivity index (χ4n) is 7.89. The van der Waals surface area contributed by atoms with E-state index < -0.39 is 0 Å². The Bertz CT molecular complexity index is 2820. The van der Waals surface area contributed by atoms with Gasteiger partial charge in [-0.3, -0.25) is 0 Å². The highest BCUT2D eigenvalue weighted by molar-refractivity contribution is 6.20. The number of nitrogens with zero attached hydrogens (tertiary/aromatic N) is 1. The van der Waals surface area contributed by atoms with Gasteiger partial charge in [-0.15, -0.1) is 0 Å². The number of rotatable bonds is 4. The van der Waals surface area contributed by atoms with Gasteiger partial charge in [-0.2, -0.15) is 0 Å². The highest BCUT2D eigenvalue weighted by atomic mass is 15.0. The zero-order chi connectivity index (χ0) is 32.3. The quantitative estimate of drug-likeness (QED) is 0.136. The molecule has 0 saturated heterocycles. The monoisotopic (exact) mass is 621 g/mol. The van der Waals surface area contributed by atoms with Crippen LogP contribution in [0, 0.1) is 0 Å². The molecule has 1 aromatic heterocycles. The smallest absolute Gasteiger partial charge is 0.0541 e. The summed E-state index contributed by atoms with van der Waals surface area (Å²) in [4.78, 5) is 0. The van der Waals surface area contributed by atoms with Gasteiger partial charge in [-0.1, -0.05) is 140 Å². The molecule has 0 aliphatic rings. The second kappa shape index (κ2) is 11.1. The lowest BCUT2D eigenvalue weighted by molar-refractivity contribution is 1.18. The maximum Gasteiger partial charge on any atom is 0.0541 e. The van der Waals surface area contributed by atoms with Gasteiger partial charge in [0.05, 0.1) is 11.0 Å². The van der Waals surface area contributed by atoms with Gasteiger partial charge < -0.3 is 4.57 Å². The van der Waals surface area contributed by atoms with Crippen LogP contribution >= 0.6 is 0 Å². The van der Waals surface area contributed by atoms with Crippen molar-refractivity contribution in [2.45, 2.75) is 0 Å². The molecule has 0 radical (unpaired) electrons. The average molecular weight is 622 g/mol. The van der Waals surface area contributed by atoms with E-state index in [1.165, 1.54) is 87.5 Å². The van der Waals surface area contributed by atoms with E-state index >= 15 is 0 Å². The molecule has 0 atom stereocenters. The normalized spacial score (nSPS) is 11.7. The van der Waals surface area contributed by atoms with Crippen LogP contribution in [0.25, 0.3) is 93.2 Å². The third-order valence-corrected chi connectivity index (χ3v) is 10.1. The molecule has 0 amide bonds. The van der Waals surface area contributed by atoms with E-state index in [4.69, 9.17) is 0 Å². The maximum absolute atomic E-state index is 2.40. The molecule has 228 valence electrons. The molecule has 0 aliphatic carbocycles. The van der Waals surface area contributed by atoms with E-state index in [0.29, 0.717) is 0 Å². The Labute approximate surface area is 284 Å². The zero-order valence-corrected chi connectivity index (χ0v) is 26.8. The second-order valence-electron chi connectivity index (χ2n) is 12.9. The Morgan fingerprint density at radius 2 is 0.837 bits per heavy atom. The fraction of sp³-hybridized carbons (Fsp3) is 0. The van der Waals surface area contributed by atoms with Crippen molar-refractivity contribution in [2.75, 3.05) is 0 Å². The number of para-hydroxylation sites is 2. The summed E-state index contributed by atoms with van der Waals surface area (Å²) in [5.74, 6) is 0. The average Bonchev–Trinajstić information content (AvgIpc) is 3.51. The molecule has 0 fully saturated rings. The first-order chi connectivity index (χ1) is 24.3. The van der Waals surface area contributed by atoms with Crippen LogP contribution in [0.4, 0.5) is 0 Å². The summed E-state index contributed by atoms with van der Waals surface area (Å²) in [7, 11) is 0. The van der Waals surface area contributed by atoms with Crippen molar-refractivity contribution in [3.05, 3.63) is 188 Å². The molecule has 0 unspecified atom stereocenters. The fourth-order valence-corrected chi connectivity index (χ4v) is 7.89. The Morgan fingerprint density at radius 3 is 1.59 bits per heavy atom. The summed E-state index contributed by atoms with van der Waals surface area (Å²) in [5.41, 5.74) is 10.9. The van der Waals surface area contributed by atoms with Crippen LogP contribution in [-0.2, 0) is 0 Å². The number of aromatic nitrogens is 1. The number of hydrogen-bond acceptors (Lipinski definition) is 0. The summed E-state index contributed by atoms with van der Waals surface area (Å²) in [6.45, 7) is 0. The number of fused-ring (bicyclic) bond motifs is 7. The van der Waals surface area contributed by atoms with E-state index in [1.807, 2.05) is 0 Å². The summed E-state index contributed by atoms with van der Waals surface area (Å²) < 4.78 is 2.40. The minimum atomic E-state index is 1.16. The van der Waals surface area contributed by atoms with Crippen LogP contribution < -0.4 is 0 Å².